The predicted octanol–water partition coefficient (Wildman–Crippen LogP) is 1.17. The molecule has 5 nitrogen and oxygen atoms in total. The molecule has 0 aromatic rings. The molecule has 0 rings (SSSR count). The maximum atomic E-state index is 10.2. The number of hydrogen-bond donors (Lipinski definition) is 1. The largest absolute Gasteiger partial charge is 1.00 e. The first-order valence-electron chi connectivity index (χ1n) is 8.69. The fourth-order valence-electron chi connectivity index (χ4n) is 2.10. The molecule has 0 spiro atoms. The minimum Gasteiger partial charge on any atom is -0.726 e. The van der Waals surface area contributed by atoms with Crippen molar-refractivity contribution in [2.75, 3.05) is 13.2 Å². The van der Waals surface area contributed by atoms with Crippen LogP contribution in [0.1, 0.15) is 90.9 Å². The van der Waals surface area contributed by atoms with Gasteiger partial charge in [-0.25, -0.2) is 8.42 Å². The van der Waals surface area contributed by atoms with Crippen LogP contribution in [-0.4, -0.2) is 31.3 Å². The fraction of sp³-hybridized carbons (Fsp3) is 1.00. The van der Waals surface area contributed by atoms with Crippen molar-refractivity contribution in [3.05, 3.63) is 0 Å². The maximum absolute atomic E-state index is 10.2. The summed E-state index contributed by atoms with van der Waals surface area (Å²) in [5, 5.41) is 7.57. The fourth-order valence-corrected chi connectivity index (χ4v) is 2.43. The van der Waals surface area contributed by atoms with Crippen molar-refractivity contribution in [1.29, 1.82) is 0 Å². The van der Waals surface area contributed by atoms with Gasteiger partial charge in [-0.15, -0.1) is 0 Å². The average Bonchev–Trinajstić information content (AvgIpc) is 2.43. The van der Waals surface area contributed by atoms with Crippen molar-refractivity contribution < 1.29 is 51.8 Å². The summed E-state index contributed by atoms with van der Waals surface area (Å²) >= 11 is 0. The van der Waals surface area contributed by atoms with Crippen LogP contribution < -0.4 is 29.6 Å². The summed E-state index contributed by atoms with van der Waals surface area (Å²) in [5.41, 5.74) is 0. The summed E-state index contributed by atoms with van der Waals surface area (Å²) in [5.74, 6) is 0. The van der Waals surface area contributed by atoms with Crippen LogP contribution >= 0.6 is 0 Å². The zero-order chi connectivity index (χ0) is 17.1. The molecule has 0 radical (unpaired) electrons. The van der Waals surface area contributed by atoms with Crippen LogP contribution in [0.3, 0.4) is 0 Å². The molecular weight excluding hydrogens is 327 g/mol. The minimum absolute atomic E-state index is 0. The minimum atomic E-state index is -4.49. The number of aliphatic hydroxyl groups excluding tert-OH is 1. The van der Waals surface area contributed by atoms with E-state index in [1.807, 2.05) is 0 Å². The molecule has 0 unspecified atom stereocenters. The van der Waals surface area contributed by atoms with E-state index < -0.39 is 10.4 Å². The molecule has 0 bridgehead atoms. The number of unbranched alkanes of at least 4 members (excludes halogenated alkanes) is 11. The summed E-state index contributed by atoms with van der Waals surface area (Å²) < 4.78 is 34.6. The van der Waals surface area contributed by atoms with E-state index in [4.69, 9.17) is 5.11 Å². The van der Waals surface area contributed by atoms with Gasteiger partial charge in [-0.2, -0.15) is 0 Å². The van der Waals surface area contributed by atoms with Crippen LogP contribution in [0.5, 0.6) is 0 Å². The molecule has 7 heteroatoms. The smallest absolute Gasteiger partial charge is 0.726 e. The molecule has 23 heavy (non-hydrogen) atoms. The van der Waals surface area contributed by atoms with Crippen LogP contribution in [0, 0.1) is 0 Å². The first-order valence-corrected chi connectivity index (χ1v) is 10.0. The molecule has 0 aromatic heterocycles. The van der Waals surface area contributed by atoms with Gasteiger partial charge in [-0.1, -0.05) is 77.6 Å². The van der Waals surface area contributed by atoms with Gasteiger partial charge in [0.05, 0.1) is 6.61 Å². The van der Waals surface area contributed by atoms with E-state index in [2.05, 4.69) is 11.1 Å². The Morgan fingerprint density at radius 2 is 1.09 bits per heavy atom. The summed E-state index contributed by atoms with van der Waals surface area (Å²) in [6, 6.07) is 0. The van der Waals surface area contributed by atoms with Crippen molar-refractivity contribution in [3.8, 4) is 0 Å². The quantitative estimate of drug-likeness (QED) is 0.217. The average molecular weight is 363 g/mol. The Hall–Kier alpha value is 0.830. The van der Waals surface area contributed by atoms with Crippen molar-refractivity contribution >= 4 is 10.4 Å². The van der Waals surface area contributed by atoms with E-state index >= 15 is 0 Å². The van der Waals surface area contributed by atoms with Gasteiger partial charge < -0.3 is 9.66 Å². The molecule has 0 atom stereocenters. The van der Waals surface area contributed by atoms with Gasteiger partial charge >= 0.3 is 29.6 Å². The molecule has 0 amide bonds. The van der Waals surface area contributed by atoms with Gasteiger partial charge in [0.15, 0.2) is 0 Å². The number of aliphatic hydroxyl groups is 1. The van der Waals surface area contributed by atoms with Gasteiger partial charge in [0, 0.05) is 6.61 Å². The summed E-state index contributed by atoms with van der Waals surface area (Å²) in [7, 11) is -4.49. The monoisotopic (exact) mass is 362 g/mol. The maximum Gasteiger partial charge on any atom is 1.00 e. The zero-order valence-corrected chi connectivity index (χ0v) is 18.2. The van der Waals surface area contributed by atoms with Crippen molar-refractivity contribution in [2.45, 2.75) is 90.9 Å². The Morgan fingerprint density at radius 3 is 1.39 bits per heavy atom. The Balaban J connectivity index is -0.000000920. The van der Waals surface area contributed by atoms with Crippen molar-refractivity contribution in [3.63, 3.8) is 0 Å². The molecule has 1 N–H and O–H groups in total. The van der Waals surface area contributed by atoms with Crippen LogP contribution in [0.25, 0.3) is 0 Å². The van der Waals surface area contributed by atoms with Crippen molar-refractivity contribution in [2.24, 2.45) is 0 Å². The Kier molecular flexibility index (Phi) is 28.4. The Labute approximate surface area is 165 Å². The molecule has 0 aliphatic carbocycles. The third-order valence-electron chi connectivity index (χ3n) is 3.23. The topological polar surface area (TPSA) is 86.7 Å². The van der Waals surface area contributed by atoms with Crippen LogP contribution in [0.2, 0.25) is 0 Å². The van der Waals surface area contributed by atoms with Gasteiger partial charge in [-0.05, 0) is 13.3 Å². The second-order valence-corrected chi connectivity index (χ2v) is 6.49. The molecule has 0 saturated heterocycles. The molecule has 0 aliphatic rings. The third-order valence-corrected chi connectivity index (χ3v) is 3.68. The molecule has 0 aromatic carbocycles. The standard InChI is InChI=1S/C14H30O4S.C2H6O.Na/c1-2-3-4-5-6-7-8-9-10-11-12-13-14-18-19(15,16)17;1-2-3;/h2-14H2,1H3,(H,15,16,17);3H,2H2,1H3;/q;;+1/p-1. The molecular formula is C16H35NaO5S. The number of rotatable bonds is 14. The first-order chi connectivity index (χ1) is 10.5. The van der Waals surface area contributed by atoms with E-state index in [-0.39, 0.29) is 42.8 Å². The van der Waals surface area contributed by atoms with E-state index in [9.17, 15) is 13.0 Å². The van der Waals surface area contributed by atoms with Gasteiger partial charge in [0.25, 0.3) is 0 Å². The normalized spacial score (nSPS) is 10.6. The molecule has 0 saturated carbocycles. The SMILES string of the molecule is CCCCCCCCCCCCCCOS(=O)(=O)[O-].CCO.[Na+]. The molecule has 136 valence electrons. The van der Waals surface area contributed by atoms with E-state index in [1.165, 1.54) is 57.8 Å². The predicted molar refractivity (Wildman–Crippen MR) is 89.5 cm³/mol. The van der Waals surface area contributed by atoms with E-state index in [1.54, 1.807) is 6.92 Å². The van der Waals surface area contributed by atoms with Crippen LogP contribution in [-0.2, 0) is 14.6 Å². The Bertz CT molecular complexity index is 297. The van der Waals surface area contributed by atoms with E-state index in [0.717, 1.165) is 12.8 Å². The molecule has 0 heterocycles. The number of hydrogen-bond acceptors (Lipinski definition) is 5. The van der Waals surface area contributed by atoms with Crippen LogP contribution in [0.4, 0.5) is 0 Å². The second-order valence-electron chi connectivity index (χ2n) is 5.44. The first kappa shape index (κ1) is 28.6. The van der Waals surface area contributed by atoms with Crippen molar-refractivity contribution in [1.82, 2.24) is 0 Å². The summed E-state index contributed by atoms with van der Waals surface area (Å²) in [6.45, 7) is 4.20. The Morgan fingerprint density at radius 1 is 0.783 bits per heavy atom. The van der Waals surface area contributed by atoms with Gasteiger partial charge in [0.2, 0.25) is 10.4 Å². The van der Waals surface area contributed by atoms with Gasteiger partial charge in [-0.3, -0.25) is 4.18 Å². The van der Waals surface area contributed by atoms with Crippen LogP contribution in [0.15, 0.2) is 0 Å². The molecule has 0 fully saturated rings. The molecule has 0 aliphatic heterocycles. The summed E-state index contributed by atoms with van der Waals surface area (Å²) in [6.07, 6.45) is 14.5. The third kappa shape index (κ3) is 35.0. The van der Waals surface area contributed by atoms with Gasteiger partial charge in [0.1, 0.15) is 0 Å². The van der Waals surface area contributed by atoms with E-state index in [0.29, 0.717) is 6.42 Å². The zero-order valence-electron chi connectivity index (χ0n) is 15.4. The summed E-state index contributed by atoms with van der Waals surface area (Å²) in [4.78, 5) is 0. The second kappa shape index (κ2) is 22.8.